The smallest absolute Gasteiger partial charge is 0.181 e. The summed E-state index contributed by atoms with van der Waals surface area (Å²) in [6.07, 6.45) is 0.0598. The van der Waals surface area contributed by atoms with E-state index in [0.29, 0.717) is 6.61 Å². The average Bonchev–Trinajstić information content (AvgIpc) is 2.86. The number of aryl methyl sites for hydroxylation is 1. The van der Waals surface area contributed by atoms with Crippen LogP contribution in [0.2, 0.25) is 0 Å². The van der Waals surface area contributed by atoms with E-state index in [1.165, 1.54) is 11.1 Å². The zero-order chi connectivity index (χ0) is 8.39. The quantitative estimate of drug-likeness (QED) is 0.636. The van der Waals surface area contributed by atoms with Crippen LogP contribution >= 0.6 is 0 Å². The van der Waals surface area contributed by atoms with Crippen molar-refractivity contribution in [2.45, 2.75) is 19.8 Å². The molecule has 1 aromatic carbocycles. The Kier molecular flexibility index (Phi) is 2.11. The van der Waals surface area contributed by atoms with Gasteiger partial charge in [-0.2, -0.15) is 0 Å². The third-order valence-electron chi connectivity index (χ3n) is 1.99. The van der Waals surface area contributed by atoms with Crippen molar-refractivity contribution in [3.63, 3.8) is 0 Å². The van der Waals surface area contributed by atoms with E-state index in [1.54, 1.807) is 0 Å². The van der Waals surface area contributed by atoms with Crippen LogP contribution in [0, 0.1) is 6.92 Å². The van der Waals surface area contributed by atoms with Gasteiger partial charge in [-0.1, -0.05) is 24.3 Å². The molecule has 1 fully saturated rings. The lowest BCUT2D eigenvalue weighted by atomic mass is 10.1. The Morgan fingerprint density at radius 1 is 1.50 bits per heavy atom. The number of epoxide rings is 1. The van der Waals surface area contributed by atoms with Gasteiger partial charge in [0, 0.05) is 0 Å². The van der Waals surface area contributed by atoms with Gasteiger partial charge in [0.25, 0.3) is 0 Å². The van der Waals surface area contributed by atoms with Crippen LogP contribution < -0.4 is 0 Å². The highest BCUT2D eigenvalue weighted by Crippen LogP contribution is 2.15. The molecule has 0 aliphatic carbocycles. The Morgan fingerprint density at radius 2 is 2.25 bits per heavy atom. The molecule has 0 N–H and O–H groups in total. The molecule has 1 aromatic rings. The molecule has 1 aliphatic rings. The lowest BCUT2D eigenvalue weighted by molar-refractivity contribution is 0.0383. The Bertz CT molecular complexity index is 266. The first-order chi connectivity index (χ1) is 5.86. The highest BCUT2D eigenvalue weighted by Gasteiger charge is 2.22. The molecule has 0 bridgehead atoms. The van der Waals surface area contributed by atoms with Crippen molar-refractivity contribution in [1.29, 1.82) is 0 Å². The minimum atomic E-state index is 0.0598. The molecule has 1 saturated heterocycles. The number of hydrogen-bond acceptors (Lipinski definition) is 2. The molecule has 0 radical (unpaired) electrons. The lowest BCUT2D eigenvalue weighted by Crippen LogP contribution is -1.97. The molecular formula is C10H12O2. The van der Waals surface area contributed by atoms with Crippen LogP contribution in [0.3, 0.4) is 0 Å². The van der Waals surface area contributed by atoms with Crippen molar-refractivity contribution in [2.24, 2.45) is 0 Å². The average molecular weight is 164 g/mol. The van der Waals surface area contributed by atoms with E-state index in [-0.39, 0.29) is 6.29 Å². The SMILES string of the molecule is Cc1ccccc1COC1CO1. The summed E-state index contributed by atoms with van der Waals surface area (Å²) in [5, 5.41) is 0. The molecule has 0 spiro atoms. The summed E-state index contributed by atoms with van der Waals surface area (Å²) in [4.78, 5) is 0. The standard InChI is InChI=1S/C10H12O2/c1-8-4-2-3-5-9(8)6-11-10-7-12-10/h2-5,10H,6-7H2,1H3. The molecule has 2 rings (SSSR count). The van der Waals surface area contributed by atoms with Crippen molar-refractivity contribution in [2.75, 3.05) is 6.61 Å². The van der Waals surface area contributed by atoms with Gasteiger partial charge >= 0.3 is 0 Å². The maximum Gasteiger partial charge on any atom is 0.181 e. The number of rotatable bonds is 3. The molecule has 1 aliphatic heterocycles. The number of benzene rings is 1. The predicted molar refractivity (Wildman–Crippen MR) is 45.7 cm³/mol. The van der Waals surface area contributed by atoms with Crippen LogP contribution in [0.5, 0.6) is 0 Å². The molecule has 1 atom stereocenters. The normalized spacial score (nSPS) is 20.9. The molecule has 0 amide bonds. The minimum Gasteiger partial charge on any atom is -0.346 e. The number of ether oxygens (including phenoxy) is 2. The van der Waals surface area contributed by atoms with Crippen molar-refractivity contribution in [3.8, 4) is 0 Å². The van der Waals surface area contributed by atoms with Gasteiger partial charge in [0.2, 0.25) is 0 Å². The zero-order valence-corrected chi connectivity index (χ0v) is 7.12. The summed E-state index contributed by atoms with van der Waals surface area (Å²) in [7, 11) is 0. The van der Waals surface area contributed by atoms with E-state index < -0.39 is 0 Å². The maximum atomic E-state index is 5.40. The van der Waals surface area contributed by atoms with Crippen molar-refractivity contribution >= 4 is 0 Å². The van der Waals surface area contributed by atoms with Gasteiger partial charge in [0.15, 0.2) is 6.29 Å². The van der Waals surface area contributed by atoms with Gasteiger partial charge in [-0.15, -0.1) is 0 Å². The van der Waals surface area contributed by atoms with Gasteiger partial charge < -0.3 is 9.47 Å². The topological polar surface area (TPSA) is 21.8 Å². The minimum absolute atomic E-state index is 0.0598. The van der Waals surface area contributed by atoms with E-state index in [1.807, 2.05) is 12.1 Å². The van der Waals surface area contributed by atoms with E-state index in [2.05, 4.69) is 19.1 Å². The molecule has 1 heterocycles. The van der Waals surface area contributed by atoms with E-state index >= 15 is 0 Å². The van der Waals surface area contributed by atoms with Gasteiger partial charge in [-0.3, -0.25) is 0 Å². The van der Waals surface area contributed by atoms with Crippen LogP contribution in [0.1, 0.15) is 11.1 Å². The molecule has 2 heteroatoms. The molecule has 0 saturated carbocycles. The van der Waals surface area contributed by atoms with Crippen LogP contribution in [0.4, 0.5) is 0 Å². The summed E-state index contributed by atoms with van der Waals surface area (Å²) in [6.45, 7) is 3.51. The zero-order valence-electron chi connectivity index (χ0n) is 7.12. The summed E-state index contributed by atoms with van der Waals surface area (Å²) < 4.78 is 10.3. The third kappa shape index (κ3) is 1.84. The van der Waals surface area contributed by atoms with Crippen molar-refractivity contribution < 1.29 is 9.47 Å². The van der Waals surface area contributed by atoms with E-state index in [4.69, 9.17) is 9.47 Å². The number of hydrogen-bond donors (Lipinski definition) is 0. The fourth-order valence-corrected chi connectivity index (χ4v) is 1.09. The van der Waals surface area contributed by atoms with E-state index in [9.17, 15) is 0 Å². The highest BCUT2D eigenvalue weighted by atomic mass is 16.8. The molecule has 12 heavy (non-hydrogen) atoms. The summed E-state index contributed by atoms with van der Waals surface area (Å²) in [6, 6.07) is 8.23. The molecule has 2 nitrogen and oxygen atoms in total. The first-order valence-electron chi connectivity index (χ1n) is 4.14. The highest BCUT2D eigenvalue weighted by molar-refractivity contribution is 5.24. The second-order valence-electron chi connectivity index (χ2n) is 3.00. The Balaban J connectivity index is 1.96. The molecule has 64 valence electrons. The first kappa shape index (κ1) is 7.77. The van der Waals surface area contributed by atoms with Crippen molar-refractivity contribution in [3.05, 3.63) is 35.4 Å². The van der Waals surface area contributed by atoms with Gasteiger partial charge in [-0.05, 0) is 18.1 Å². The van der Waals surface area contributed by atoms with Crippen LogP contribution in [0.15, 0.2) is 24.3 Å². The van der Waals surface area contributed by atoms with Crippen LogP contribution in [-0.2, 0) is 16.1 Å². The summed E-state index contributed by atoms with van der Waals surface area (Å²) in [5.41, 5.74) is 2.52. The van der Waals surface area contributed by atoms with Gasteiger partial charge in [0.05, 0.1) is 6.61 Å². The van der Waals surface area contributed by atoms with Crippen LogP contribution in [0.25, 0.3) is 0 Å². The lowest BCUT2D eigenvalue weighted by Gasteiger charge is -2.03. The fraction of sp³-hybridized carbons (Fsp3) is 0.400. The third-order valence-corrected chi connectivity index (χ3v) is 1.99. The van der Waals surface area contributed by atoms with E-state index in [0.717, 1.165) is 6.61 Å². The van der Waals surface area contributed by atoms with Crippen LogP contribution in [-0.4, -0.2) is 12.9 Å². The monoisotopic (exact) mass is 164 g/mol. The second-order valence-corrected chi connectivity index (χ2v) is 3.00. The molecule has 1 unspecified atom stereocenters. The summed E-state index contributed by atoms with van der Waals surface area (Å²) in [5.74, 6) is 0. The Labute approximate surface area is 72.1 Å². The predicted octanol–water partition coefficient (Wildman–Crippen LogP) is 1.87. The first-order valence-corrected chi connectivity index (χ1v) is 4.14. The van der Waals surface area contributed by atoms with Gasteiger partial charge in [-0.25, -0.2) is 0 Å². The van der Waals surface area contributed by atoms with Gasteiger partial charge in [0.1, 0.15) is 6.61 Å². The summed E-state index contributed by atoms with van der Waals surface area (Å²) >= 11 is 0. The molecule has 0 aromatic heterocycles. The largest absolute Gasteiger partial charge is 0.346 e. The Hall–Kier alpha value is -0.860. The van der Waals surface area contributed by atoms with Crippen molar-refractivity contribution in [1.82, 2.24) is 0 Å². The second kappa shape index (κ2) is 3.25. The fourth-order valence-electron chi connectivity index (χ4n) is 1.09. The Morgan fingerprint density at radius 3 is 2.92 bits per heavy atom. The molecular weight excluding hydrogens is 152 g/mol. The maximum absolute atomic E-state index is 5.40.